The lowest BCUT2D eigenvalue weighted by Crippen LogP contribution is -2.41. The average molecular weight is 203 g/mol. The van der Waals surface area contributed by atoms with E-state index in [1.807, 2.05) is 11.8 Å². The third-order valence-corrected chi connectivity index (χ3v) is 4.19. The summed E-state index contributed by atoms with van der Waals surface area (Å²) >= 11 is 2.04. The first kappa shape index (κ1) is 11.3. The first-order chi connectivity index (χ1) is 6.13. The Balaban J connectivity index is 2.24. The van der Waals surface area contributed by atoms with Gasteiger partial charge in [-0.25, -0.2) is 0 Å². The zero-order valence-corrected chi connectivity index (χ0v) is 9.60. The molecule has 0 spiro atoms. The van der Waals surface area contributed by atoms with Gasteiger partial charge in [-0.2, -0.15) is 11.8 Å². The molecule has 1 saturated heterocycles. The second kappa shape index (κ2) is 5.23. The molecule has 0 radical (unpaired) electrons. The molecule has 1 aliphatic rings. The summed E-state index contributed by atoms with van der Waals surface area (Å²) in [4.78, 5) is 0. The van der Waals surface area contributed by atoms with Crippen LogP contribution in [0, 0.1) is 5.92 Å². The fourth-order valence-corrected chi connectivity index (χ4v) is 2.79. The van der Waals surface area contributed by atoms with Crippen molar-refractivity contribution < 1.29 is 5.11 Å². The minimum absolute atomic E-state index is 0.281. The van der Waals surface area contributed by atoms with Gasteiger partial charge in [0.25, 0.3) is 0 Å². The third kappa shape index (κ3) is 3.49. The van der Waals surface area contributed by atoms with Gasteiger partial charge in [0, 0.05) is 29.7 Å². The van der Waals surface area contributed by atoms with Crippen molar-refractivity contribution in [2.75, 3.05) is 12.4 Å². The molecule has 13 heavy (non-hydrogen) atoms. The van der Waals surface area contributed by atoms with Gasteiger partial charge in [0.1, 0.15) is 0 Å². The van der Waals surface area contributed by atoms with Crippen molar-refractivity contribution in [3.63, 3.8) is 0 Å². The van der Waals surface area contributed by atoms with Gasteiger partial charge in [-0.05, 0) is 19.3 Å². The van der Waals surface area contributed by atoms with Gasteiger partial charge in [-0.1, -0.05) is 13.8 Å². The molecule has 1 heterocycles. The summed E-state index contributed by atoms with van der Waals surface area (Å²) in [6, 6.07) is 1.09. The molecular formula is C10H21NOS. The van der Waals surface area contributed by atoms with E-state index in [2.05, 4.69) is 26.1 Å². The van der Waals surface area contributed by atoms with Crippen LogP contribution in [0.15, 0.2) is 0 Å². The predicted molar refractivity (Wildman–Crippen MR) is 59.2 cm³/mol. The van der Waals surface area contributed by atoms with E-state index in [4.69, 9.17) is 5.11 Å². The van der Waals surface area contributed by atoms with Crippen molar-refractivity contribution in [3.05, 3.63) is 0 Å². The zero-order valence-electron chi connectivity index (χ0n) is 8.79. The average Bonchev–Trinajstić information content (AvgIpc) is 2.49. The number of aliphatic hydroxyl groups is 1. The minimum Gasteiger partial charge on any atom is -0.396 e. The first-order valence-electron chi connectivity index (χ1n) is 5.12. The van der Waals surface area contributed by atoms with Crippen LogP contribution in [-0.2, 0) is 0 Å². The van der Waals surface area contributed by atoms with Crippen LogP contribution in [0.3, 0.4) is 0 Å². The molecular weight excluding hydrogens is 182 g/mol. The standard InChI is InChI=1S/C10H21NOS/c1-7(5-12)9(3)11-10-4-8(2)13-6-10/h7-12H,4-6H2,1-3H3. The lowest BCUT2D eigenvalue weighted by Gasteiger charge is -2.23. The van der Waals surface area contributed by atoms with Crippen LogP contribution in [0.1, 0.15) is 27.2 Å². The quantitative estimate of drug-likeness (QED) is 0.726. The molecule has 0 aromatic heterocycles. The van der Waals surface area contributed by atoms with Crippen molar-refractivity contribution in [2.45, 2.75) is 44.5 Å². The van der Waals surface area contributed by atoms with E-state index in [1.54, 1.807) is 0 Å². The minimum atomic E-state index is 0.281. The molecule has 2 N–H and O–H groups in total. The summed E-state index contributed by atoms with van der Waals surface area (Å²) in [5.41, 5.74) is 0. The Hall–Kier alpha value is 0.270. The Morgan fingerprint density at radius 1 is 1.54 bits per heavy atom. The van der Waals surface area contributed by atoms with E-state index in [1.165, 1.54) is 12.2 Å². The topological polar surface area (TPSA) is 32.3 Å². The van der Waals surface area contributed by atoms with Crippen molar-refractivity contribution in [2.24, 2.45) is 5.92 Å². The number of hydrogen-bond acceptors (Lipinski definition) is 3. The molecule has 2 nitrogen and oxygen atoms in total. The van der Waals surface area contributed by atoms with E-state index in [-0.39, 0.29) is 6.61 Å². The smallest absolute Gasteiger partial charge is 0.0471 e. The highest BCUT2D eigenvalue weighted by atomic mass is 32.2. The normalized spacial score (nSPS) is 33.2. The van der Waals surface area contributed by atoms with Crippen molar-refractivity contribution in [3.8, 4) is 0 Å². The Morgan fingerprint density at radius 3 is 2.69 bits per heavy atom. The largest absolute Gasteiger partial charge is 0.396 e. The van der Waals surface area contributed by atoms with Gasteiger partial charge < -0.3 is 10.4 Å². The summed E-state index contributed by atoms with van der Waals surface area (Å²) in [7, 11) is 0. The highest BCUT2D eigenvalue weighted by molar-refractivity contribution is 8.00. The Labute approximate surface area is 85.5 Å². The van der Waals surface area contributed by atoms with Crippen molar-refractivity contribution in [1.82, 2.24) is 5.32 Å². The van der Waals surface area contributed by atoms with Crippen LogP contribution in [0.5, 0.6) is 0 Å². The molecule has 3 heteroatoms. The van der Waals surface area contributed by atoms with E-state index >= 15 is 0 Å². The second-order valence-electron chi connectivity index (χ2n) is 4.19. The van der Waals surface area contributed by atoms with E-state index in [9.17, 15) is 0 Å². The summed E-state index contributed by atoms with van der Waals surface area (Å²) in [5.74, 6) is 1.59. The molecule has 0 aromatic carbocycles. The molecule has 1 aliphatic heterocycles. The van der Waals surface area contributed by atoms with E-state index in [0.29, 0.717) is 18.0 Å². The number of aliphatic hydroxyl groups excluding tert-OH is 1. The number of rotatable bonds is 4. The molecule has 78 valence electrons. The number of hydrogen-bond donors (Lipinski definition) is 2. The molecule has 4 unspecified atom stereocenters. The van der Waals surface area contributed by atoms with E-state index < -0.39 is 0 Å². The van der Waals surface area contributed by atoms with Gasteiger partial charge in [0.2, 0.25) is 0 Å². The van der Waals surface area contributed by atoms with Crippen molar-refractivity contribution >= 4 is 11.8 Å². The molecule has 1 rings (SSSR count). The van der Waals surface area contributed by atoms with Crippen LogP contribution in [0.25, 0.3) is 0 Å². The second-order valence-corrected chi connectivity index (χ2v) is 5.66. The van der Waals surface area contributed by atoms with Crippen LogP contribution >= 0.6 is 11.8 Å². The van der Waals surface area contributed by atoms with Crippen LogP contribution in [0.2, 0.25) is 0 Å². The molecule has 0 bridgehead atoms. The van der Waals surface area contributed by atoms with Gasteiger partial charge >= 0.3 is 0 Å². The Bertz CT molecular complexity index is 154. The number of thioether (sulfide) groups is 1. The maximum Gasteiger partial charge on any atom is 0.0471 e. The van der Waals surface area contributed by atoms with E-state index in [0.717, 1.165) is 5.25 Å². The Morgan fingerprint density at radius 2 is 2.23 bits per heavy atom. The Kier molecular flexibility index (Phi) is 4.56. The summed E-state index contributed by atoms with van der Waals surface area (Å²) in [6.45, 7) is 6.81. The van der Waals surface area contributed by atoms with Gasteiger partial charge in [-0.15, -0.1) is 0 Å². The molecule has 0 aliphatic carbocycles. The molecule has 0 saturated carbocycles. The fourth-order valence-electron chi connectivity index (χ4n) is 1.63. The maximum absolute atomic E-state index is 8.99. The predicted octanol–water partition coefficient (Wildman–Crippen LogP) is 1.49. The molecule has 0 amide bonds. The summed E-state index contributed by atoms with van der Waals surface area (Å²) in [6.07, 6.45) is 1.27. The summed E-state index contributed by atoms with van der Waals surface area (Å²) in [5, 5.41) is 13.4. The van der Waals surface area contributed by atoms with Crippen molar-refractivity contribution in [1.29, 1.82) is 0 Å². The monoisotopic (exact) mass is 203 g/mol. The lowest BCUT2D eigenvalue weighted by molar-refractivity contribution is 0.202. The van der Waals surface area contributed by atoms with Crippen LogP contribution in [0.4, 0.5) is 0 Å². The molecule has 1 fully saturated rings. The van der Waals surface area contributed by atoms with Gasteiger partial charge in [0.15, 0.2) is 0 Å². The van der Waals surface area contributed by atoms with Crippen LogP contribution in [-0.4, -0.2) is 34.8 Å². The lowest BCUT2D eigenvalue weighted by atomic mass is 10.0. The SMILES string of the molecule is CC1CC(NC(C)C(C)CO)CS1. The van der Waals surface area contributed by atoms with Crippen LogP contribution < -0.4 is 5.32 Å². The molecule has 0 aromatic rings. The maximum atomic E-state index is 8.99. The molecule has 4 atom stereocenters. The highest BCUT2D eigenvalue weighted by Gasteiger charge is 2.24. The number of nitrogens with one attached hydrogen (secondary N) is 1. The third-order valence-electron chi connectivity index (χ3n) is 2.84. The van der Waals surface area contributed by atoms with Gasteiger partial charge in [-0.3, -0.25) is 0 Å². The van der Waals surface area contributed by atoms with Gasteiger partial charge in [0.05, 0.1) is 0 Å². The zero-order chi connectivity index (χ0) is 9.84. The summed E-state index contributed by atoms with van der Waals surface area (Å²) < 4.78 is 0. The first-order valence-corrected chi connectivity index (χ1v) is 6.17. The fraction of sp³-hybridized carbons (Fsp3) is 1.00. The highest BCUT2D eigenvalue weighted by Crippen LogP contribution is 2.26.